The number of piperidine rings is 2. The van der Waals surface area contributed by atoms with Crippen LogP contribution in [0, 0.1) is 11.2 Å². The second-order valence-corrected chi connectivity index (χ2v) is 18.1. The minimum atomic E-state index is -0.747. The third-order valence-corrected chi connectivity index (χ3v) is 13.5. The number of anilines is 4. The smallest absolute Gasteiger partial charge is 0.293 e. The number of rotatable bonds is 11. The summed E-state index contributed by atoms with van der Waals surface area (Å²) in [7, 11) is 1.51. The Balaban J connectivity index is 0.777. The van der Waals surface area contributed by atoms with Gasteiger partial charge in [-0.25, -0.2) is 9.37 Å². The van der Waals surface area contributed by atoms with Gasteiger partial charge >= 0.3 is 0 Å². The molecule has 63 heavy (non-hydrogen) atoms. The Bertz CT molecular complexity index is 2550. The summed E-state index contributed by atoms with van der Waals surface area (Å²) < 4.78 is 28.8. The lowest BCUT2D eigenvalue weighted by atomic mass is 9.67. The van der Waals surface area contributed by atoms with Crippen LogP contribution >= 0.6 is 11.6 Å². The molecule has 0 radical (unpaired) electrons. The molecule has 9 rings (SSSR count). The first-order chi connectivity index (χ1) is 30.3. The van der Waals surface area contributed by atoms with E-state index in [1.807, 2.05) is 32.0 Å². The summed E-state index contributed by atoms with van der Waals surface area (Å²) in [5, 5.41) is 9.25. The van der Waals surface area contributed by atoms with Crippen molar-refractivity contribution in [3.63, 3.8) is 0 Å². The molecule has 1 aliphatic carbocycles. The predicted molar refractivity (Wildman–Crippen MR) is 234 cm³/mol. The van der Waals surface area contributed by atoms with Crippen LogP contribution < -0.4 is 36.0 Å². The van der Waals surface area contributed by atoms with Crippen LogP contribution in [-0.4, -0.2) is 101 Å². The summed E-state index contributed by atoms with van der Waals surface area (Å²) in [6.45, 7) is 6.76. The van der Waals surface area contributed by atoms with Crippen molar-refractivity contribution in [2.75, 3.05) is 55.0 Å². The molecular weight excluding hydrogens is 833 g/mol. The van der Waals surface area contributed by atoms with E-state index in [4.69, 9.17) is 26.1 Å². The molecule has 16 nitrogen and oxygen atoms in total. The van der Waals surface area contributed by atoms with Gasteiger partial charge < -0.3 is 39.4 Å². The zero-order chi connectivity index (χ0) is 44.2. The lowest BCUT2D eigenvalue weighted by Crippen LogP contribution is -2.58. The largest absolute Gasteiger partial charge is 0.478 e. The van der Waals surface area contributed by atoms with E-state index in [1.165, 1.54) is 24.1 Å². The molecule has 0 bridgehead atoms. The molecule has 0 unspecified atom stereocenters. The van der Waals surface area contributed by atoms with Gasteiger partial charge in [0.1, 0.15) is 16.9 Å². The summed E-state index contributed by atoms with van der Waals surface area (Å²) in [5.41, 5.74) is 2.97. The number of nitrogens with one attached hydrogen (secondary N) is 3. The number of nitrogens with zero attached hydrogens (tertiary/aromatic N) is 6. The topological polar surface area (TPSA) is 180 Å². The number of ether oxygens (including phenoxy) is 2. The highest BCUT2D eigenvalue weighted by Gasteiger charge is 2.48. The van der Waals surface area contributed by atoms with E-state index >= 15 is 0 Å². The third kappa shape index (κ3) is 8.40. The SMILES string of the molecule is CNC(=O)COc1cc2cc(Nc3nc(N4CCC(OC5CCC6(CC5)CN(c5cc(F)cc7c5CN([C@@H]5CCC(=O)NC5=O)C7=O)C6)CC4)ncc3Cl)ccc2n(C(C)C)c1=O. The van der Waals surface area contributed by atoms with E-state index in [1.54, 1.807) is 16.8 Å². The lowest BCUT2D eigenvalue weighted by Gasteiger charge is -2.55. The fraction of sp³-hybridized carbons (Fsp3) is 0.489. The molecule has 1 saturated carbocycles. The van der Waals surface area contributed by atoms with Gasteiger partial charge in [0.15, 0.2) is 18.2 Å². The molecule has 2 aromatic carbocycles. The van der Waals surface area contributed by atoms with Crippen LogP contribution in [0.4, 0.5) is 27.5 Å². The van der Waals surface area contributed by atoms with Crippen LogP contribution in [0.15, 0.2) is 47.4 Å². The zero-order valence-corrected chi connectivity index (χ0v) is 36.3. The van der Waals surface area contributed by atoms with Crippen molar-refractivity contribution in [2.45, 2.75) is 96.1 Å². The second-order valence-electron chi connectivity index (χ2n) is 17.7. The fourth-order valence-electron chi connectivity index (χ4n) is 9.91. The Hall–Kier alpha value is -5.81. The normalized spacial score (nSPS) is 20.3. The van der Waals surface area contributed by atoms with E-state index in [-0.39, 0.29) is 78.7 Å². The number of halogens is 2. The van der Waals surface area contributed by atoms with Crippen molar-refractivity contribution >= 4 is 69.3 Å². The second kappa shape index (κ2) is 17.1. The van der Waals surface area contributed by atoms with Crippen LogP contribution in [0.5, 0.6) is 5.75 Å². The van der Waals surface area contributed by atoms with Crippen molar-refractivity contribution in [2.24, 2.45) is 5.41 Å². The van der Waals surface area contributed by atoms with Gasteiger partial charge in [-0.3, -0.25) is 29.3 Å². The first-order valence-electron chi connectivity index (χ1n) is 21.7. The maximum atomic E-state index is 14.9. The van der Waals surface area contributed by atoms with Crippen molar-refractivity contribution in [3.05, 3.63) is 74.9 Å². The minimum Gasteiger partial charge on any atom is -0.478 e. The summed E-state index contributed by atoms with van der Waals surface area (Å²) >= 11 is 6.60. The summed E-state index contributed by atoms with van der Waals surface area (Å²) in [6, 6.07) is 9.11. The molecule has 1 spiro atoms. The maximum Gasteiger partial charge on any atom is 0.293 e. The van der Waals surface area contributed by atoms with Crippen molar-refractivity contribution in [3.8, 4) is 5.75 Å². The van der Waals surface area contributed by atoms with E-state index in [0.717, 1.165) is 81.2 Å². The predicted octanol–water partition coefficient (Wildman–Crippen LogP) is 5.23. The maximum absolute atomic E-state index is 14.9. The number of likely N-dealkylation sites (N-methyl/N-ethyl adjacent to an activating group) is 1. The molecule has 3 N–H and O–H groups in total. The highest BCUT2D eigenvalue weighted by molar-refractivity contribution is 6.33. The highest BCUT2D eigenvalue weighted by Crippen LogP contribution is 2.48. The Morgan fingerprint density at radius 1 is 1.00 bits per heavy atom. The van der Waals surface area contributed by atoms with E-state index in [2.05, 4.69) is 30.7 Å². The number of imide groups is 1. The molecular formula is C45H51ClFN9O7. The number of hydrogen-bond donors (Lipinski definition) is 3. The molecule has 4 aliphatic heterocycles. The van der Waals surface area contributed by atoms with Gasteiger partial charge in [-0.15, -0.1) is 0 Å². The van der Waals surface area contributed by atoms with Crippen LogP contribution in [0.2, 0.25) is 5.02 Å². The Labute approximate surface area is 368 Å². The Kier molecular flexibility index (Phi) is 11.5. The number of pyridine rings is 1. The standard InChI is InChI=1S/C45H51ClFN9O7/c1-25(2)56-34-5-4-28(16-26(34)17-37(43(56)61)62-22-39(58)48-3)50-40-33(46)20-49-44(52-40)53-14-10-30(11-15-53)63-29-8-12-45(13-9-29)23-54(24-45)36-19-27(47)18-31-32(36)21-55(42(31)60)35-6-7-38(57)51-41(35)59/h4-5,16-20,25,29-30,35H,6-15,21-24H2,1-3H3,(H,48,58)(H,49,50,52)(H,51,57,59)/t35-/m1/s1. The van der Waals surface area contributed by atoms with Crippen molar-refractivity contribution in [1.29, 1.82) is 0 Å². The highest BCUT2D eigenvalue weighted by atomic mass is 35.5. The van der Waals surface area contributed by atoms with Gasteiger partial charge in [-0.05, 0) is 95.2 Å². The molecule has 4 amide bonds. The molecule has 4 fully saturated rings. The average molecular weight is 884 g/mol. The first kappa shape index (κ1) is 42.5. The van der Waals surface area contributed by atoms with Crippen molar-refractivity contribution < 1.29 is 33.0 Å². The lowest BCUT2D eigenvalue weighted by molar-refractivity contribution is -0.137. The Morgan fingerprint density at radius 3 is 2.46 bits per heavy atom. The molecule has 4 aromatic rings. The number of hydrogen-bond acceptors (Lipinski definition) is 12. The van der Waals surface area contributed by atoms with Gasteiger partial charge in [0.05, 0.1) is 23.9 Å². The molecule has 1 atom stereocenters. The van der Waals surface area contributed by atoms with Crippen LogP contribution in [0.25, 0.3) is 10.9 Å². The number of benzene rings is 2. The van der Waals surface area contributed by atoms with E-state index < -0.39 is 17.8 Å². The quantitative estimate of drug-likeness (QED) is 0.167. The van der Waals surface area contributed by atoms with Crippen molar-refractivity contribution in [1.82, 2.24) is 30.1 Å². The van der Waals surface area contributed by atoms with Gasteiger partial charge in [0, 0.05) is 85.5 Å². The zero-order valence-electron chi connectivity index (χ0n) is 35.5. The summed E-state index contributed by atoms with van der Waals surface area (Å²) in [6.07, 6.45) is 7.85. The van der Waals surface area contributed by atoms with E-state index in [9.17, 15) is 28.4 Å². The van der Waals surface area contributed by atoms with Gasteiger partial charge in [0.2, 0.25) is 17.8 Å². The first-order valence-corrected chi connectivity index (χ1v) is 22.1. The number of fused-ring (bicyclic) bond motifs is 2. The third-order valence-electron chi connectivity index (χ3n) is 13.2. The summed E-state index contributed by atoms with van der Waals surface area (Å²) in [4.78, 5) is 77.9. The van der Waals surface area contributed by atoms with Gasteiger partial charge in [-0.1, -0.05) is 11.6 Å². The van der Waals surface area contributed by atoms with Crippen LogP contribution in [0.1, 0.15) is 87.2 Å². The minimum absolute atomic E-state index is 0.0819. The van der Waals surface area contributed by atoms with Gasteiger partial charge in [0.25, 0.3) is 17.4 Å². The van der Waals surface area contributed by atoms with Crippen LogP contribution in [-0.2, 0) is 25.7 Å². The molecule has 2 aromatic heterocycles. The number of carbonyl (C=O) groups is 4. The molecule has 5 aliphatic rings. The average Bonchev–Trinajstić information content (AvgIpc) is 3.58. The Morgan fingerprint density at radius 2 is 1.75 bits per heavy atom. The summed E-state index contributed by atoms with van der Waals surface area (Å²) in [5.74, 6) is -0.924. The van der Waals surface area contributed by atoms with Gasteiger partial charge in [-0.2, -0.15) is 4.98 Å². The number of amides is 4. The number of aromatic nitrogens is 3. The van der Waals surface area contributed by atoms with Crippen LogP contribution in [0.3, 0.4) is 0 Å². The molecule has 332 valence electrons. The fourth-order valence-corrected chi connectivity index (χ4v) is 10.0. The molecule has 3 saturated heterocycles. The number of carbonyl (C=O) groups excluding carboxylic acids is 4. The monoisotopic (exact) mass is 883 g/mol. The molecule has 18 heteroatoms. The van der Waals surface area contributed by atoms with E-state index in [0.29, 0.717) is 33.7 Å². The molecule has 6 heterocycles.